The van der Waals surface area contributed by atoms with Crippen LogP contribution in [-0.4, -0.2) is 12.7 Å². The summed E-state index contributed by atoms with van der Waals surface area (Å²) in [5.41, 5.74) is 1.22. The molecular formula is C17H24O2. The highest BCUT2D eigenvalue weighted by Gasteiger charge is 2.20. The molecule has 0 saturated heterocycles. The van der Waals surface area contributed by atoms with E-state index in [0.29, 0.717) is 6.61 Å². The average Bonchev–Trinajstić information content (AvgIpc) is 2.42. The van der Waals surface area contributed by atoms with Crippen molar-refractivity contribution >= 4 is 0 Å². The Morgan fingerprint density at radius 1 is 1.21 bits per heavy atom. The van der Waals surface area contributed by atoms with Crippen LogP contribution in [0.1, 0.15) is 44.1 Å². The highest BCUT2D eigenvalue weighted by Crippen LogP contribution is 2.33. The van der Waals surface area contributed by atoms with E-state index in [2.05, 4.69) is 25.6 Å². The van der Waals surface area contributed by atoms with Gasteiger partial charge in [0.05, 0.1) is 0 Å². The minimum Gasteiger partial charge on any atom is -0.486 e. The van der Waals surface area contributed by atoms with Gasteiger partial charge < -0.3 is 9.47 Å². The van der Waals surface area contributed by atoms with Crippen LogP contribution in [0.2, 0.25) is 0 Å². The molecule has 0 spiro atoms. The molecule has 104 valence electrons. The van der Waals surface area contributed by atoms with Crippen LogP contribution in [0.25, 0.3) is 0 Å². The van der Waals surface area contributed by atoms with Crippen molar-refractivity contribution in [1.82, 2.24) is 0 Å². The zero-order chi connectivity index (χ0) is 13.5. The topological polar surface area (TPSA) is 18.5 Å². The van der Waals surface area contributed by atoms with E-state index in [-0.39, 0.29) is 6.10 Å². The quantitative estimate of drug-likeness (QED) is 0.524. The number of unbranched alkanes of at least 4 members (excludes halogenated alkanes) is 4. The third kappa shape index (κ3) is 4.30. The first-order valence-corrected chi connectivity index (χ1v) is 7.30. The summed E-state index contributed by atoms with van der Waals surface area (Å²) in [6, 6.07) is 6.11. The molecule has 1 aromatic carbocycles. The van der Waals surface area contributed by atoms with Crippen molar-refractivity contribution in [2.75, 3.05) is 6.61 Å². The molecule has 0 aromatic heterocycles. The van der Waals surface area contributed by atoms with Crippen LogP contribution in [0.15, 0.2) is 30.9 Å². The van der Waals surface area contributed by atoms with E-state index in [1.165, 1.54) is 31.2 Å². The van der Waals surface area contributed by atoms with Gasteiger partial charge in [-0.05, 0) is 50.3 Å². The number of ether oxygens (including phenoxy) is 2. The molecule has 2 heteroatoms. The fraction of sp³-hybridized carbons (Fsp3) is 0.529. The lowest BCUT2D eigenvalue weighted by Gasteiger charge is -2.26. The van der Waals surface area contributed by atoms with Gasteiger partial charge in [-0.2, -0.15) is 0 Å². The van der Waals surface area contributed by atoms with Gasteiger partial charge in [-0.25, -0.2) is 0 Å². The molecule has 19 heavy (non-hydrogen) atoms. The molecule has 0 amide bonds. The first-order chi connectivity index (χ1) is 9.29. The minimum atomic E-state index is 0.216. The molecule has 1 heterocycles. The summed E-state index contributed by atoms with van der Waals surface area (Å²) in [5.74, 6) is 1.79. The number of aryl methyl sites for hydroxylation is 1. The van der Waals surface area contributed by atoms with Crippen molar-refractivity contribution in [1.29, 1.82) is 0 Å². The minimum absolute atomic E-state index is 0.216. The lowest BCUT2D eigenvalue weighted by molar-refractivity contribution is 0.0827. The number of hydrogen-bond acceptors (Lipinski definition) is 2. The van der Waals surface area contributed by atoms with Crippen LogP contribution < -0.4 is 9.47 Å². The molecule has 0 saturated carbocycles. The van der Waals surface area contributed by atoms with E-state index >= 15 is 0 Å². The maximum Gasteiger partial charge on any atom is 0.162 e. The lowest BCUT2D eigenvalue weighted by atomic mass is 10.1. The number of fused-ring (bicyclic) bond motifs is 1. The molecule has 2 nitrogen and oxygen atoms in total. The van der Waals surface area contributed by atoms with Crippen molar-refractivity contribution in [3.8, 4) is 11.5 Å². The van der Waals surface area contributed by atoms with E-state index in [0.717, 1.165) is 24.3 Å². The van der Waals surface area contributed by atoms with Crippen LogP contribution in [0, 0.1) is 6.92 Å². The predicted octanol–water partition coefficient (Wildman–Crippen LogP) is 4.66. The SMILES string of the molecule is C=CCCCCCCC1COc2ccc(C)cc2O1. The maximum absolute atomic E-state index is 6.00. The molecule has 1 aliphatic rings. The van der Waals surface area contributed by atoms with Crippen LogP contribution >= 0.6 is 0 Å². The second kappa shape index (κ2) is 7.22. The molecular weight excluding hydrogens is 236 g/mol. The van der Waals surface area contributed by atoms with E-state index in [1.54, 1.807) is 0 Å². The van der Waals surface area contributed by atoms with Crippen molar-refractivity contribution in [3.05, 3.63) is 36.4 Å². The van der Waals surface area contributed by atoms with Crippen LogP contribution in [-0.2, 0) is 0 Å². The van der Waals surface area contributed by atoms with Gasteiger partial charge >= 0.3 is 0 Å². The van der Waals surface area contributed by atoms with E-state index < -0.39 is 0 Å². The Morgan fingerprint density at radius 3 is 2.89 bits per heavy atom. The van der Waals surface area contributed by atoms with Gasteiger partial charge in [-0.15, -0.1) is 6.58 Å². The summed E-state index contributed by atoms with van der Waals surface area (Å²) in [6.07, 6.45) is 9.46. The molecule has 1 atom stereocenters. The fourth-order valence-electron chi connectivity index (χ4n) is 2.38. The highest BCUT2D eigenvalue weighted by atomic mass is 16.6. The summed E-state index contributed by atoms with van der Waals surface area (Å²) < 4.78 is 11.7. The maximum atomic E-state index is 6.00. The summed E-state index contributed by atoms with van der Waals surface area (Å²) in [7, 11) is 0. The van der Waals surface area contributed by atoms with Gasteiger partial charge in [-0.1, -0.05) is 25.0 Å². The smallest absolute Gasteiger partial charge is 0.162 e. The Morgan fingerprint density at radius 2 is 2.05 bits per heavy atom. The molecule has 0 aliphatic carbocycles. The van der Waals surface area contributed by atoms with Gasteiger partial charge in [-0.3, -0.25) is 0 Å². The van der Waals surface area contributed by atoms with Crippen molar-refractivity contribution in [2.45, 2.75) is 51.6 Å². The fourth-order valence-corrected chi connectivity index (χ4v) is 2.38. The number of rotatable bonds is 7. The molecule has 2 rings (SSSR count). The predicted molar refractivity (Wildman–Crippen MR) is 79.0 cm³/mol. The second-order valence-electron chi connectivity index (χ2n) is 5.28. The highest BCUT2D eigenvalue weighted by molar-refractivity contribution is 5.43. The van der Waals surface area contributed by atoms with Gasteiger partial charge in [0, 0.05) is 0 Å². The summed E-state index contributed by atoms with van der Waals surface area (Å²) in [5, 5.41) is 0. The third-order valence-corrected chi connectivity index (χ3v) is 3.50. The number of allylic oxidation sites excluding steroid dienone is 1. The second-order valence-corrected chi connectivity index (χ2v) is 5.28. The first kappa shape index (κ1) is 14.0. The first-order valence-electron chi connectivity index (χ1n) is 7.30. The Hall–Kier alpha value is -1.44. The standard InChI is InChI=1S/C17H24O2/c1-3-4-5-6-7-8-9-15-13-18-16-11-10-14(2)12-17(16)19-15/h3,10-12,15H,1,4-9,13H2,2H3. The lowest BCUT2D eigenvalue weighted by Crippen LogP contribution is -2.29. The molecule has 1 aromatic rings. The van der Waals surface area contributed by atoms with E-state index in [4.69, 9.17) is 9.47 Å². The van der Waals surface area contributed by atoms with Crippen LogP contribution in [0.5, 0.6) is 11.5 Å². The summed E-state index contributed by atoms with van der Waals surface area (Å²) in [4.78, 5) is 0. The monoisotopic (exact) mass is 260 g/mol. The molecule has 0 fully saturated rings. The number of hydrogen-bond donors (Lipinski definition) is 0. The van der Waals surface area contributed by atoms with Crippen molar-refractivity contribution < 1.29 is 9.47 Å². The molecule has 0 N–H and O–H groups in total. The Labute approximate surface area is 116 Å². The molecule has 1 unspecified atom stereocenters. The zero-order valence-electron chi connectivity index (χ0n) is 11.9. The van der Waals surface area contributed by atoms with Gasteiger partial charge in [0.25, 0.3) is 0 Å². The average molecular weight is 260 g/mol. The number of benzene rings is 1. The normalized spacial score (nSPS) is 17.2. The Bertz CT molecular complexity index is 412. The van der Waals surface area contributed by atoms with E-state index in [9.17, 15) is 0 Å². The Kier molecular flexibility index (Phi) is 5.31. The molecule has 0 bridgehead atoms. The van der Waals surface area contributed by atoms with Crippen molar-refractivity contribution in [3.63, 3.8) is 0 Å². The molecule has 1 aliphatic heterocycles. The molecule has 0 radical (unpaired) electrons. The largest absolute Gasteiger partial charge is 0.486 e. The van der Waals surface area contributed by atoms with Gasteiger partial charge in [0.1, 0.15) is 12.7 Å². The van der Waals surface area contributed by atoms with Gasteiger partial charge in [0.15, 0.2) is 11.5 Å². The third-order valence-electron chi connectivity index (χ3n) is 3.50. The van der Waals surface area contributed by atoms with Crippen LogP contribution in [0.3, 0.4) is 0 Å². The van der Waals surface area contributed by atoms with Crippen LogP contribution in [0.4, 0.5) is 0 Å². The van der Waals surface area contributed by atoms with Gasteiger partial charge in [0.2, 0.25) is 0 Å². The van der Waals surface area contributed by atoms with Crippen molar-refractivity contribution in [2.24, 2.45) is 0 Å². The Balaban J connectivity index is 1.71. The van der Waals surface area contributed by atoms with E-state index in [1.807, 2.05) is 12.1 Å². The summed E-state index contributed by atoms with van der Waals surface area (Å²) >= 11 is 0. The zero-order valence-corrected chi connectivity index (χ0v) is 11.9. The summed E-state index contributed by atoms with van der Waals surface area (Å²) in [6.45, 7) is 6.50.